The first kappa shape index (κ1) is 21.1. The van der Waals surface area contributed by atoms with Gasteiger partial charge in [0.25, 0.3) is 0 Å². The topological polar surface area (TPSA) is 39.0 Å². The van der Waals surface area contributed by atoms with Gasteiger partial charge in [-0.3, -0.25) is 9.13 Å². The molecule has 0 aliphatic rings. The maximum absolute atomic E-state index is 12.5. The lowest BCUT2D eigenvalue weighted by atomic mass is 10.2. The van der Waals surface area contributed by atoms with E-state index >= 15 is 0 Å². The number of hydrogen-bond acceptors (Lipinski definition) is 3. The molecule has 1 heterocycles. The zero-order chi connectivity index (χ0) is 20.0. The van der Waals surface area contributed by atoms with E-state index in [-0.39, 0.29) is 5.69 Å². The first-order valence-corrected chi connectivity index (χ1v) is 9.84. The van der Waals surface area contributed by atoms with Gasteiger partial charge in [-0.25, -0.2) is 4.79 Å². The van der Waals surface area contributed by atoms with Crippen molar-refractivity contribution in [3.63, 3.8) is 0 Å². The number of aromatic nitrogens is 2. The molecule has 0 unspecified atom stereocenters. The monoisotopic (exact) mass is 383 g/mol. The number of nitrogens with one attached hydrogen (secondary N) is 1. The van der Waals surface area contributed by atoms with Crippen LogP contribution in [0.5, 0.6) is 0 Å². The number of hydrogen-bond donors (Lipinski definition) is 1. The minimum Gasteiger partial charge on any atom is -0.307 e. The number of aryl methyl sites for hydroxylation is 2. The minimum absolute atomic E-state index is 0.00557. The van der Waals surface area contributed by atoms with Gasteiger partial charge < -0.3 is 5.32 Å². The first-order chi connectivity index (χ1) is 12.9. The van der Waals surface area contributed by atoms with Gasteiger partial charge in [-0.05, 0) is 49.6 Å². The molecule has 0 fully saturated rings. The molecular formula is C22H29N3OS. The van der Waals surface area contributed by atoms with E-state index in [1.54, 1.807) is 27.0 Å². The summed E-state index contributed by atoms with van der Waals surface area (Å²) in [6, 6.07) is 6.47. The van der Waals surface area contributed by atoms with Crippen molar-refractivity contribution in [2.45, 2.75) is 37.2 Å². The van der Waals surface area contributed by atoms with Crippen LogP contribution in [0.25, 0.3) is 0 Å². The predicted octanol–water partition coefficient (Wildman–Crippen LogP) is 4.27. The molecule has 5 heteroatoms. The Balaban J connectivity index is 2.26. The van der Waals surface area contributed by atoms with Crippen molar-refractivity contribution < 1.29 is 0 Å². The maximum Gasteiger partial charge on any atom is 0.328 e. The van der Waals surface area contributed by atoms with Gasteiger partial charge in [0, 0.05) is 32.1 Å². The first-order valence-electron chi connectivity index (χ1n) is 9.03. The standard InChI is InChI=1S/C22H29N3OS/c1-7-9-18(10-8-2)14-23-15-20-21(25(6)22(26)24(20)5)27-19-12-16(3)11-17(4)13-19/h7-13,23H,1,14-15H2,2-6H3/b10-8-,18-9+. The van der Waals surface area contributed by atoms with Gasteiger partial charge in [0.1, 0.15) is 5.03 Å². The Morgan fingerprint density at radius 3 is 2.44 bits per heavy atom. The quantitative estimate of drug-likeness (QED) is 0.692. The van der Waals surface area contributed by atoms with Gasteiger partial charge in [-0.2, -0.15) is 0 Å². The summed E-state index contributed by atoms with van der Waals surface area (Å²) in [7, 11) is 3.66. The van der Waals surface area contributed by atoms with Gasteiger partial charge in [0.2, 0.25) is 0 Å². The van der Waals surface area contributed by atoms with Crippen LogP contribution in [0.2, 0.25) is 0 Å². The van der Waals surface area contributed by atoms with Gasteiger partial charge in [-0.1, -0.05) is 48.7 Å². The molecule has 0 amide bonds. The fraction of sp³-hybridized carbons (Fsp3) is 0.318. The molecule has 0 bridgehead atoms. The SMILES string of the molecule is C=C/C=C(\C=C/C)CNCc1c(Sc2cc(C)cc(C)c2)n(C)c(=O)n1C. The van der Waals surface area contributed by atoms with E-state index in [4.69, 9.17) is 0 Å². The molecule has 2 aromatic rings. The Kier molecular flexibility index (Phi) is 7.51. The van der Waals surface area contributed by atoms with Crippen molar-refractivity contribution in [2.24, 2.45) is 14.1 Å². The van der Waals surface area contributed by atoms with E-state index in [9.17, 15) is 4.79 Å². The van der Waals surface area contributed by atoms with Crippen LogP contribution in [0.3, 0.4) is 0 Å². The average molecular weight is 384 g/mol. The number of rotatable bonds is 8. The Bertz CT molecular complexity index is 912. The zero-order valence-corrected chi connectivity index (χ0v) is 17.7. The van der Waals surface area contributed by atoms with Crippen molar-refractivity contribution in [1.29, 1.82) is 0 Å². The highest BCUT2D eigenvalue weighted by molar-refractivity contribution is 7.99. The summed E-state index contributed by atoms with van der Waals surface area (Å²) in [6.45, 7) is 11.3. The van der Waals surface area contributed by atoms with Crippen molar-refractivity contribution in [2.75, 3.05) is 6.54 Å². The highest BCUT2D eigenvalue weighted by atomic mass is 32.2. The molecule has 0 radical (unpaired) electrons. The third-order valence-electron chi connectivity index (χ3n) is 4.27. The minimum atomic E-state index is -0.00557. The lowest BCUT2D eigenvalue weighted by Crippen LogP contribution is -2.23. The molecule has 0 aliphatic heterocycles. The van der Waals surface area contributed by atoms with E-state index < -0.39 is 0 Å². The second-order valence-corrected chi connectivity index (χ2v) is 7.72. The van der Waals surface area contributed by atoms with Crippen LogP contribution in [0.4, 0.5) is 0 Å². The molecule has 2 rings (SSSR count). The summed E-state index contributed by atoms with van der Waals surface area (Å²) in [5.74, 6) is 0. The maximum atomic E-state index is 12.5. The summed E-state index contributed by atoms with van der Waals surface area (Å²) in [4.78, 5) is 13.6. The van der Waals surface area contributed by atoms with Gasteiger partial charge >= 0.3 is 5.69 Å². The van der Waals surface area contributed by atoms with Crippen molar-refractivity contribution >= 4 is 11.8 Å². The summed E-state index contributed by atoms with van der Waals surface area (Å²) in [6.07, 6.45) is 7.85. The van der Waals surface area contributed by atoms with Gasteiger partial charge in [0.05, 0.1) is 5.69 Å². The fourth-order valence-corrected chi connectivity index (χ4v) is 4.31. The highest BCUT2D eigenvalue weighted by Crippen LogP contribution is 2.31. The Hall–Kier alpha value is -2.24. The molecule has 0 spiro atoms. The van der Waals surface area contributed by atoms with Crippen molar-refractivity contribution in [3.8, 4) is 0 Å². The van der Waals surface area contributed by atoms with Crippen LogP contribution in [-0.2, 0) is 20.6 Å². The van der Waals surface area contributed by atoms with Crippen LogP contribution in [0, 0.1) is 13.8 Å². The summed E-state index contributed by atoms with van der Waals surface area (Å²) < 4.78 is 3.45. The lowest BCUT2D eigenvalue weighted by Gasteiger charge is -2.10. The summed E-state index contributed by atoms with van der Waals surface area (Å²) >= 11 is 1.64. The molecule has 1 aromatic carbocycles. The number of allylic oxidation sites excluding steroid dienone is 3. The van der Waals surface area contributed by atoms with Crippen molar-refractivity contribution in [1.82, 2.24) is 14.5 Å². The second kappa shape index (κ2) is 9.62. The lowest BCUT2D eigenvalue weighted by molar-refractivity contribution is 0.675. The van der Waals surface area contributed by atoms with Crippen molar-refractivity contribution in [3.05, 3.63) is 82.0 Å². The molecule has 27 heavy (non-hydrogen) atoms. The summed E-state index contributed by atoms with van der Waals surface area (Å²) in [5, 5.41) is 4.42. The van der Waals surface area contributed by atoms with E-state index in [0.717, 1.165) is 21.2 Å². The Morgan fingerprint density at radius 2 is 1.85 bits per heavy atom. The molecule has 1 aromatic heterocycles. The van der Waals surface area contributed by atoms with Crippen LogP contribution in [0.1, 0.15) is 23.7 Å². The van der Waals surface area contributed by atoms with E-state index in [1.807, 2.05) is 33.2 Å². The number of imidazole rings is 1. The second-order valence-electron chi connectivity index (χ2n) is 6.66. The van der Waals surface area contributed by atoms with E-state index in [2.05, 4.69) is 50.0 Å². The largest absolute Gasteiger partial charge is 0.328 e. The van der Waals surface area contributed by atoms with E-state index in [1.165, 1.54) is 11.1 Å². The molecule has 1 N–H and O–H groups in total. The van der Waals surface area contributed by atoms with Crippen LogP contribution in [0.15, 0.2) is 69.4 Å². The zero-order valence-electron chi connectivity index (χ0n) is 16.9. The third kappa shape index (κ3) is 5.37. The Morgan fingerprint density at radius 1 is 1.19 bits per heavy atom. The average Bonchev–Trinajstić information content (AvgIpc) is 2.79. The van der Waals surface area contributed by atoms with E-state index in [0.29, 0.717) is 13.1 Å². The molecule has 4 nitrogen and oxygen atoms in total. The predicted molar refractivity (Wildman–Crippen MR) is 115 cm³/mol. The van der Waals surface area contributed by atoms with Gasteiger partial charge in [0.15, 0.2) is 0 Å². The fourth-order valence-electron chi connectivity index (χ4n) is 3.05. The molecule has 0 aliphatic carbocycles. The normalized spacial score (nSPS) is 12.1. The van der Waals surface area contributed by atoms with Crippen LogP contribution >= 0.6 is 11.8 Å². The third-order valence-corrected chi connectivity index (χ3v) is 5.45. The van der Waals surface area contributed by atoms with Gasteiger partial charge in [-0.15, -0.1) is 0 Å². The molecule has 0 saturated carbocycles. The highest BCUT2D eigenvalue weighted by Gasteiger charge is 2.16. The van der Waals surface area contributed by atoms with Crippen LogP contribution < -0.4 is 11.0 Å². The number of benzene rings is 1. The molecule has 0 atom stereocenters. The van der Waals surface area contributed by atoms with Crippen LogP contribution in [-0.4, -0.2) is 15.7 Å². The molecular weight excluding hydrogens is 354 g/mol. The smallest absolute Gasteiger partial charge is 0.307 e. The summed E-state index contributed by atoms with van der Waals surface area (Å²) in [5.41, 5.74) is 4.59. The molecule has 0 saturated heterocycles. The number of nitrogens with zero attached hydrogens (tertiary/aromatic N) is 2. The molecule has 144 valence electrons. The Labute approximate surface area is 166 Å².